The lowest BCUT2D eigenvalue weighted by Crippen LogP contribution is -1.95. The van der Waals surface area contributed by atoms with Gasteiger partial charge in [0.05, 0.1) is 10.6 Å². The van der Waals surface area contributed by atoms with Crippen LogP contribution in [0.2, 0.25) is 5.02 Å². The van der Waals surface area contributed by atoms with E-state index in [0.29, 0.717) is 0 Å². The molecule has 3 aromatic rings. The first-order chi connectivity index (χ1) is 9.68. The Kier molecular flexibility index (Phi) is 4.75. The topological polar surface area (TPSA) is 37.3 Å². The van der Waals surface area contributed by atoms with E-state index in [0.717, 1.165) is 0 Å². The van der Waals surface area contributed by atoms with Crippen molar-refractivity contribution in [3.05, 3.63) is 83.4 Å². The van der Waals surface area contributed by atoms with Crippen LogP contribution in [0.4, 0.5) is 0 Å². The maximum absolute atomic E-state index is 10.3. The minimum absolute atomic E-state index is 0.143. The fourth-order valence-corrected chi connectivity index (χ4v) is 1.98. The zero-order valence-electron chi connectivity index (χ0n) is 10.7. The van der Waals surface area contributed by atoms with Gasteiger partial charge in [-0.25, -0.2) is 4.79 Å². The van der Waals surface area contributed by atoms with Crippen molar-refractivity contribution in [1.29, 1.82) is 0 Å². The molecule has 0 aliphatic carbocycles. The Bertz CT molecular complexity index is 657. The molecular weight excluding hydrogens is 272 g/mol. The third-order valence-corrected chi connectivity index (χ3v) is 3.09. The molecule has 3 heteroatoms. The van der Waals surface area contributed by atoms with Gasteiger partial charge in [-0.05, 0) is 22.9 Å². The first-order valence-electron chi connectivity index (χ1n) is 6.10. The maximum Gasteiger partial charge on any atom is 0.337 e. The van der Waals surface area contributed by atoms with Gasteiger partial charge in [0.1, 0.15) is 0 Å². The minimum Gasteiger partial charge on any atom is -0.478 e. The number of benzene rings is 3. The van der Waals surface area contributed by atoms with E-state index >= 15 is 0 Å². The van der Waals surface area contributed by atoms with Crippen molar-refractivity contribution in [2.45, 2.75) is 0 Å². The summed E-state index contributed by atoms with van der Waals surface area (Å²) in [7, 11) is 0. The van der Waals surface area contributed by atoms with Gasteiger partial charge >= 0.3 is 5.97 Å². The number of aromatic carboxylic acids is 1. The number of fused-ring (bicyclic) bond motifs is 1. The van der Waals surface area contributed by atoms with E-state index in [9.17, 15) is 4.79 Å². The second-order valence-electron chi connectivity index (χ2n) is 4.13. The lowest BCUT2D eigenvalue weighted by molar-refractivity contribution is 0.0697. The fourth-order valence-electron chi connectivity index (χ4n) is 1.77. The number of halogens is 1. The van der Waals surface area contributed by atoms with E-state index < -0.39 is 5.97 Å². The van der Waals surface area contributed by atoms with E-state index in [1.807, 2.05) is 0 Å². The average Bonchev–Trinajstić information content (AvgIpc) is 2.48. The second-order valence-corrected chi connectivity index (χ2v) is 4.54. The molecule has 0 saturated carbocycles. The predicted octanol–water partition coefficient (Wildman–Crippen LogP) is 4.88. The molecule has 0 radical (unpaired) electrons. The zero-order valence-corrected chi connectivity index (χ0v) is 11.4. The molecule has 100 valence electrons. The van der Waals surface area contributed by atoms with Crippen molar-refractivity contribution < 1.29 is 9.90 Å². The number of hydrogen-bond acceptors (Lipinski definition) is 1. The average molecular weight is 285 g/mol. The van der Waals surface area contributed by atoms with Gasteiger partial charge in [0.2, 0.25) is 0 Å². The Morgan fingerprint density at radius 1 is 0.750 bits per heavy atom. The van der Waals surface area contributed by atoms with Crippen molar-refractivity contribution in [2.24, 2.45) is 0 Å². The lowest BCUT2D eigenvalue weighted by atomic mass is 10.1. The molecular formula is C17H13ClO2. The molecule has 0 bridgehead atoms. The van der Waals surface area contributed by atoms with E-state index in [1.54, 1.807) is 18.2 Å². The SMILES string of the molecule is O=C(O)c1ccccc1Cl.c1ccc2ccccc2c1. The number of hydrogen-bond donors (Lipinski definition) is 1. The molecule has 3 aromatic carbocycles. The fraction of sp³-hybridized carbons (Fsp3) is 0. The smallest absolute Gasteiger partial charge is 0.337 e. The van der Waals surface area contributed by atoms with E-state index in [1.165, 1.54) is 16.8 Å². The summed E-state index contributed by atoms with van der Waals surface area (Å²) in [5.74, 6) is -0.995. The van der Waals surface area contributed by atoms with Gasteiger partial charge in [0, 0.05) is 0 Å². The van der Waals surface area contributed by atoms with Crippen LogP contribution in [0, 0.1) is 0 Å². The van der Waals surface area contributed by atoms with Crippen molar-refractivity contribution in [2.75, 3.05) is 0 Å². The molecule has 0 heterocycles. The van der Waals surface area contributed by atoms with E-state index in [2.05, 4.69) is 48.5 Å². The van der Waals surface area contributed by atoms with Crippen LogP contribution in [0.25, 0.3) is 10.8 Å². The van der Waals surface area contributed by atoms with Crippen LogP contribution in [-0.2, 0) is 0 Å². The molecule has 2 nitrogen and oxygen atoms in total. The van der Waals surface area contributed by atoms with Gasteiger partial charge in [-0.1, -0.05) is 72.3 Å². The molecule has 1 N–H and O–H groups in total. The molecule has 3 rings (SSSR count). The first-order valence-corrected chi connectivity index (χ1v) is 6.48. The molecule has 0 aromatic heterocycles. The summed E-state index contributed by atoms with van der Waals surface area (Å²) in [6.45, 7) is 0. The Morgan fingerprint density at radius 2 is 1.15 bits per heavy atom. The molecule has 0 spiro atoms. The third-order valence-electron chi connectivity index (χ3n) is 2.76. The number of rotatable bonds is 1. The molecule has 0 saturated heterocycles. The molecule has 0 aliphatic rings. The van der Waals surface area contributed by atoms with Gasteiger partial charge in [0.25, 0.3) is 0 Å². The summed E-state index contributed by atoms with van der Waals surface area (Å²) >= 11 is 5.54. The van der Waals surface area contributed by atoms with E-state index in [4.69, 9.17) is 16.7 Å². The number of carbonyl (C=O) groups is 1. The monoisotopic (exact) mass is 284 g/mol. The molecule has 0 aliphatic heterocycles. The van der Waals surface area contributed by atoms with Crippen molar-refractivity contribution in [3.63, 3.8) is 0 Å². The summed E-state index contributed by atoms with van der Waals surface area (Å²) in [6.07, 6.45) is 0. The zero-order chi connectivity index (χ0) is 14.4. The molecule has 0 fully saturated rings. The van der Waals surface area contributed by atoms with Gasteiger partial charge in [0.15, 0.2) is 0 Å². The number of carboxylic acids is 1. The summed E-state index contributed by atoms with van der Waals surface area (Å²) in [4.78, 5) is 10.3. The van der Waals surface area contributed by atoms with Gasteiger partial charge in [-0.15, -0.1) is 0 Å². The minimum atomic E-state index is -0.995. The highest BCUT2D eigenvalue weighted by Gasteiger charge is 2.04. The highest BCUT2D eigenvalue weighted by molar-refractivity contribution is 6.33. The number of carboxylic acid groups (broad SMARTS) is 1. The van der Waals surface area contributed by atoms with Crippen molar-refractivity contribution >= 4 is 28.3 Å². The van der Waals surface area contributed by atoms with Crippen LogP contribution in [0.3, 0.4) is 0 Å². The normalized spacial score (nSPS) is 9.65. The van der Waals surface area contributed by atoms with Crippen LogP contribution in [0.5, 0.6) is 0 Å². The second kappa shape index (κ2) is 6.73. The standard InChI is InChI=1S/C10H8.C7H5ClO2/c1-2-6-10-8-4-3-7-9(10)5-1;8-6-4-2-1-3-5(6)7(9)10/h1-8H;1-4H,(H,9,10). The Morgan fingerprint density at radius 3 is 1.50 bits per heavy atom. The largest absolute Gasteiger partial charge is 0.478 e. The Hall–Kier alpha value is -2.32. The molecule has 20 heavy (non-hydrogen) atoms. The van der Waals surface area contributed by atoms with Crippen LogP contribution in [0.1, 0.15) is 10.4 Å². The highest BCUT2D eigenvalue weighted by Crippen LogP contribution is 2.14. The quantitative estimate of drug-likeness (QED) is 0.691. The van der Waals surface area contributed by atoms with Crippen molar-refractivity contribution in [1.82, 2.24) is 0 Å². The highest BCUT2D eigenvalue weighted by atomic mass is 35.5. The van der Waals surface area contributed by atoms with Gasteiger partial charge < -0.3 is 5.11 Å². The summed E-state index contributed by atoms with van der Waals surface area (Å²) in [5.41, 5.74) is 0.143. The Labute approximate surface area is 122 Å². The molecule has 0 unspecified atom stereocenters. The summed E-state index contributed by atoms with van der Waals surface area (Å²) in [5, 5.41) is 11.4. The molecule has 0 atom stereocenters. The summed E-state index contributed by atoms with van der Waals surface area (Å²) < 4.78 is 0. The Balaban J connectivity index is 0.000000147. The van der Waals surface area contributed by atoms with Crippen LogP contribution in [0.15, 0.2) is 72.8 Å². The molecule has 0 amide bonds. The summed E-state index contributed by atoms with van der Waals surface area (Å²) in [6, 6.07) is 23.0. The van der Waals surface area contributed by atoms with E-state index in [-0.39, 0.29) is 10.6 Å². The van der Waals surface area contributed by atoms with Crippen LogP contribution < -0.4 is 0 Å². The maximum atomic E-state index is 10.3. The third kappa shape index (κ3) is 3.59. The van der Waals surface area contributed by atoms with Gasteiger partial charge in [-0.3, -0.25) is 0 Å². The van der Waals surface area contributed by atoms with Crippen LogP contribution in [-0.4, -0.2) is 11.1 Å². The predicted molar refractivity (Wildman–Crippen MR) is 82.4 cm³/mol. The van der Waals surface area contributed by atoms with Crippen molar-refractivity contribution in [3.8, 4) is 0 Å². The van der Waals surface area contributed by atoms with Gasteiger partial charge in [-0.2, -0.15) is 0 Å². The lowest BCUT2D eigenvalue weighted by Gasteiger charge is -1.94. The van der Waals surface area contributed by atoms with Crippen LogP contribution >= 0.6 is 11.6 Å². The first kappa shape index (κ1) is 14.1.